The van der Waals surface area contributed by atoms with Gasteiger partial charge in [-0.2, -0.15) is 0 Å². The fraction of sp³-hybridized carbons (Fsp3) is 0.600. The standard InChI is InChI=1S/C25H35N5O4/c1-5-34-12-8-11-29-19-10-7-6-9-18(19)26-22(29)27-20(31)15-30-21(32)25(28-23(30)33)14-17(2)13-24(3,4)16-25/h6-7,9-10,17H,5,8,11-16H2,1-4H3,(H,28,33)(H,26,27,31). The van der Waals surface area contributed by atoms with Crippen molar-refractivity contribution >= 4 is 34.8 Å². The summed E-state index contributed by atoms with van der Waals surface area (Å²) in [5, 5.41) is 5.74. The van der Waals surface area contributed by atoms with Crippen LogP contribution in [0.5, 0.6) is 0 Å². The number of fused-ring (bicyclic) bond motifs is 1. The summed E-state index contributed by atoms with van der Waals surface area (Å²) in [5.74, 6) is -0.0576. The molecule has 1 saturated carbocycles. The smallest absolute Gasteiger partial charge is 0.325 e. The molecule has 184 valence electrons. The van der Waals surface area contributed by atoms with Crippen LogP contribution in [-0.4, -0.2) is 57.6 Å². The van der Waals surface area contributed by atoms with Crippen LogP contribution in [0.3, 0.4) is 0 Å². The zero-order valence-corrected chi connectivity index (χ0v) is 20.5. The van der Waals surface area contributed by atoms with Crippen LogP contribution in [-0.2, 0) is 20.9 Å². The molecule has 9 nitrogen and oxygen atoms in total. The molecule has 2 aliphatic rings. The van der Waals surface area contributed by atoms with Crippen molar-refractivity contribution in [3.8, 4) is 0 Å². The highest BCUT2D eigenvalue weighted by Gasteiger charge is 2.56. The molecule has 1 aliphatic heterocycles. The van der Waals surface area contributed by atoms with Crippen LogP contribution in [0.25, 0.3) is 11.0 Å². The number of aromatic nitrogens is 2. The van der Waals surface area contributed by atoms with E-state index in [0.29, 0.717) is 44.5 Å². The Morgan fingerprint density at radius 1 is 1.26 bits per heavy atom. The third-order valence-corrected chi connectivity index (χ3v) is 6.71. The number of nitrogens with zero attached hydrogens (tertiary/aromatic N) is 3. The first-order valence-corrected chi connectivity index (χ1v) is 12.1. The topological polar surface area (TPSA) is 106 Å². The zero-order valence-electron chi connectivity index (χ0n) is 20.5. The van der Waals surface area contributed by atoms with Crippen LogP contribution in [0.4, 0.5) is 10.7 Å². The summed E-state index contributed by atoms with van der Waals surface area (Å²) < 4.78 is 7.38. The predicted octanol–water partition coefficient (Wildman–Crippen LogP) is 3.54. The number of hydrogen-bond acceptors (Lipinski definition) is 5. The summed E-state index contributed by atoms with van der Waals surface area (Å²) in [6.45, 7) is 9.83. The molecule has 2 atom stereocenters. The Morgan fingerprint density at radius 3 is 2.76 bits per heavy atom. The molecule has 2 fully saturated rings. The number of carbonyl (C=O) groups excluding carboxylic acids is 3. The number of urea groups is 1. The van der Waals surface area contributed by atoms with Gasteiger partial charge in [-0.25, -0.2) is 9.78 Å². The normalized spacial score (nSPS) is 24.1. The largest absolute Gasteiger partial charge is 0.382 e. The van der Waals surface area contributed by atoms with Gasteiger partial charge in [0.1, 0.15) is 12.1 Å². The Labute approximate surface area is 200 Å². The van der Waals surface area contributed by atoms with Crippen molar-refractivity contribution in [3.63, 3.8) is 0 Å². The fourth-order valence-electron chi connectivity index (χ4n) is 5.82. The van der Waals surface area contributed by atoms with E-state index in [-0.39, 0.29) is 17.9 Å². The number of carbonyl (C=O) groups is 3. The third-order valence-electron chi connectivity index (χ3n) is 6.71. The summed E-state index contributed by atoms with van der Waals surface area (Å²) in [6, 6.07) is 7.15. The Balaban J connectivity index is 1.48. The van der Waals surface area contributed by atoms with Crippen molar-refractivity contribution in [2.75, 3.05) is 25.1 Å². The number of nitrogens with one attached hydrogen (secondary N) is 2. The van der Waals surface area contributed by atoms with E-state index in [9.17, 15) is 14.4 Å². The molecule has 2 heterocycles. The Morgan fingerprint density at radius 2 is 2.03 bits per heavy atom. The molecule has 4 rings (SSSR count). The number of rotatable bonds is 8. The number of hydrogen-bond donors (Lipinski definition) is 2. The van der Waals surface area contributed by atoms with E-state index >= 15 is 0 Å². The molecular weight excluding hydrogens is 434 g/mol. The molecule has 1 spiro atoms. The quantitative estimate of drug-likeness (QED) is 0.454. The van der Waals surface area contributed by atoms with E-state index in [1.54, 1.807) is 0 Å². The minimum atomic E-state index is -0.926. The number of para-hydroxylation sites is 2. The van der Waals surface area contributed by atoms with Gasteiger partial charge in [0.05, 0.1) is 11.0 Å². The third kappa shape index (κ3) is 4.80. The first-order valence-electron chi connectivity index (χ1n) is 12.1. The van der Waals surface area contributed by atoms with E-state index in [1.165, 1.54) is 0 Å². The fourth-order valence-corrected chi connectivity index (χ4v) is 5.82. The molecule has 2 unspecified atom stereocenters. The summed E-state index contributed by atoms with van der Waals surface area (Å²) >= 11 is 0. The van der Waals surface area contributed by atoms with E-state index in [0.717, 1.165) is 28.8 Å². The minimum Gasteiger partial charge on any atom is -0.382 e. The van der Waals surface area contributed by atoms with E-state index in [1.807, 2.05) is 35.8 Å². The van der Waals surface area contributed by atoms with Crippen molar-refractivity contribution in [1.82, 2.24) is 19.8 Å². The molecule has 1 aromatic heterocycles. The number of aryl methyl sites for hydroxylation is 1. The maximum absolute atomic E-state index is 13.4. The van der Waals surface area contributed by atoms with Gasteiger partial charge in [-0.15, -0.1) is 0 Å². The second kappa shape index (κ2) is 9.37. The van der Waals surface area contributed by atoms with Crippen molar-refractivity contribution in [2.45, 2.75) is 65.5 Å². The van der Waals surface area contributed by atoms with E-state index in [4.69, 9.17) is 4.74 Å². The van der Waals surface area contributed by atoms with Gasteiger partial charge in [0.15, 0.2) is 0 Å². The number of benzene rings is 1. The number of imidazole rings is 1. The monoisotopic (exact) mass is 469 g/mol. The van der Waals surface area contributed by atoms with Crippen LogP contribution in [0.1, 0.15) is 53.4 Å². The highest BCUT2D eigenvalue weighted by Crippen LogP contribution is 2.46. The molecular formula is C25H35N5O4. The van der Waals surface area contributed by atoms with Gasteiger partial charge >= 0.3 is 6.03 Å². The lowest BCUT2D eigenvalue weighted by atomic mass is 9.64. The summed E-state index contributed by atoms with van der Waals surface area (Å²) in [4.78, 5) is 44.7. The van der Waals surface area contributed by atoms with E-state index < -0.39 is 17.5 Å². The van der Waals surface area contributed by atoms with E-state index in [2.05, 4.69) is 36.4 Å². The summed E-state index contributed by atoms with van der Waals surface area (Å²) in [7, 11) is 0. The number of amides is 4. The van der Waals surface area contributed by atoms with Crippen molar-refractivity contribution in [3.05, 3.63) is 24.3 Å². The van der Waals surface area contributed by atoms with Gasteiger partial charge in [0.2, 0.25) is 11.9 Å². The first-order chi connectivity index (χ1) is 16.1. The van der Waals surface area contributed by atoms with Crippen LogP contribution in [0.15, 0.2) is 24.3 Å². The van der Waals surface area contributed by atoms with Crippen molar-refractivity contribution < 1.29 is 19.1 Å². The molecule has 9 heteroatoms. The highest BCUT2D eigenvalue weighted by molar-refractivity contribution is 6.10. The van der Waals surface area contributed by atoms with Crippen LogP contribution in [0, 0.1) is 11.3 Å². The molecule has 1 saturated heterocycles. The number of anilines is 1. The van der Waals surface area contributed by atoms with Gasteiger partial charge < -0.3 is 14.6 Å². The van der Waals surface area contributed by atoms with Crippen LogP contribution in [0.2, 0.25) is 0 Å². The lowest BCUT2D eigenvalue weighted by Gasteiger charge is -2.43. The second-order valence-electron chi connectivity index (χ2n) is 10.4. The lowest BCUT2D eigenvalue weighted by molar-refractivity contribution is -0.136. The molecule has 1 aliphatic carbocycles. The highest BCUT2D eigenvalue weighted by atomic mass is 16.5. The first kappa shape index (κ1) is 24.2. The van der Waals surface area contributed by atoms with Crippen molar-refractivity contribution in [2.24, 2.45) is 11.3 Å². The predicted molar refractivity (Wildman–Crippen MR) is 129 cm³/mol. The Bertz CT molecular complexity index is 1090. The minimum absolute atomic E-state index is 0.0643. The molecule has 1 aromatic carbocycles. The molecule has 2 N–H and O–H groups in total. The van der Waals surface area contributed by atoms with Gasteiger partial charge in [-0.3, -0.25) is 19.8 Å². The molecule has 0 radical (unpaired) electrons. The van der Waals surface area contributed by atoms with Gasteiger partial charge in [0, 0.05) is 19.8 Å². The molecule has 4 amide bonds. The lowest BCUT2D eigenvalue weighted by Crippen LogP contribution is -2.54. The number of imide groups is 1. The van der Waals surface area contributed by atoms with Crippen LogP contribution >= 0.6 is 0 Å². The average Bonchev–Trinajstić information content (AvgIpc) is 3.19. The molecule has 2 aromatic rings. The SMILES string of the molecule is CCOCCCn1c(NC(=O)CN2C(=O)NC3(CC(C)CC(C)(C)C3)C2=O)nc2ccccc21. The van der Waals surface area contributed by atoms with Gasteiger partial charge in [-0.05, 0) is 56.1 Å². The Hall–Kier alpha value is -2.94. The molecule has 0 bridgehead atoms. The Kier molecular flexibility index (Phi) is 6.66. The average molecular weight is 470 g/mol. The van der Waals surface area contributed by atoms with Gasteiger partial charge in [-0.1, -0.05) is 32.9 Å². The number of ether oxygens (including phenoxy) is 1. The summed E-state index contributed by atoms with van der Waals surface area (Å²) in [6.07, 6.45) is 2.93. The zero-order chi connectivity index (χ0) is 24.5. The van der Waals surface area contributed by atoms with Crippen molar-refractivity contribution in [1.29, 1.82) is 0 Å². The van der Waals surface area contributed by atoms with Gasteiger partial charge in [0.25, 0.3) is 5.91 Å². The maximum atomic E-state index is 13.4. The van der Waals surface area contributed by atoms with Crippen LogP contribution < -0.4 is 10.6 Å². The molecule has 34 heavy (non-hydrogen) atoms. The summed E-state index contributed by atoms with van der Waals surface area (Å²) in [5.41, 5.74) is 0.680. The maximum Gasteiger partial charge on any atom is 0.325 e. The second-order valence-corrected chi connectivity index (χ2v) is 10.4.